The summed E-state index contributed by atoms with van der Waals surface area (Å²) in [5.41, 5.74) is 3.80. The Hall–Kier alpha value is -3.24. The minimum absolute atomic E-state index is 0.530. The lowest BCUT2D eigenvalue weighted by atomic mass is 10.3. The summed E-state index contributed by atoms with van der Waals surface area (Å²) in [6.07, 6.45) is 9.44. The van der Waals surface area contributed by atoms with E-state index >= 15 is 0 Å². The summed E-state index contributed by atoms with van der Waals surface area (Å²) >= 11 is 0. The molecular weight excluding hydrogens is 380 g/mol. The molecular formula is C20H26N10. The zero-order valence-corrected chi connectivity index (χ0v) is 17.3. The third kappa shape index (κ3) is 3.91. The number of likely N-dealkylation sites (N-methyl/N-ethyl adjacent to an activating group) is 1. The maximum atomic E-state index is 4.66. The molecule has 0 aromatic carbocycles. The lowest BCUT2D eigenvalue weighted by Gasteiger charge is -2.32. The van der Waals surface area contributed by atoms with Crippen molar-refractivity contribution in [2.45, 2.75) is 6.54 Å². The zero-order valence-electron chi connectivity index (χ0n) is 17.3. The number of hydrogen-bond acceptors (Lipinski definition) is 7. The summed E-state index contributed by atoms with van der Waals surface area (Å²) in [5.74, 6) is 0.530. The number of nitrogens with zero attached hydrogens (tertiary/aromatic N) is 9. The molecule has 0 bridgehead atoms. The fraction of sp³-hybridized carbons (Fsp3) is 0.400. The second-order valence-electron chi connectivity index (χ2n) is 7.80. The standard InChI is InChI=1S/C20H26N10/c1-26-5-7-28(8-6-26)9-10-29-15-17(12-23-29)24-20-21-13-18-3-4-19(30(18)25-20)16-11-22-27(2)14-16/h3-4,11-15H,5-10H2,1-2H3,(H,24,25). The quantitative estimate of drug-likeness (QED) is 0.517. The molecule has 1 aliphatic heterocycles. The first-order valence-electron chi connectivity index (χ1n) is 10.2. The molecule has 0 radical (unpaired) electrons. The molecule has 10 nitrogen and oxygen atoms in total. The van der Waals surface area contributed by atoms with Crippen LogP contribution >= 0.6 is 0 Å². The van der Waals surface area contributed by atoms with E-state index in [0.717, 1.165) is 61.7 Å². The third-order valence-electron chi connectivity index (χ3n) is 5.53. The van der Waals surface area contributed by atoms with Gasteiger partial charge < -0.3 is 10.2 Å². The average Bonchev–Trinajstić information content (AvgIpc) is 3.47. The molecule has 1 saturated heterocycles. The lowest BCUT2D eigenvalue weighted by Crippen LogP contribution is -2.45. The van der Waals surface area contributed by atoms with Gasteiger partial charge in [-0.1, -0.05) is 0 Å². The molecule has 4 aromatic rings. The SMILES string of the molecule is CN1CCN(CCn2cc(Nc3ncc4ccc(-c5cnn(C)c5)n4n3)cn2)CC1. The number of piperazine rings is 1. The van der Waals surface area contributed by atoms with Crippen molar-refractivity contribution < 1.29 is 0 Å². The van der Waals surface area contributed by atoms with Gasteiger partial charge in [-0.05, 0) is 19.2 Å². The number of rotatable bonds is 6. The van der Waals surface area contributed by atoms with Gasteiger partial charge in [0, 0.05) is 57.7 Å². The predicted molar refractivity (Wildman–Crippen MR) is 115 cm³/mol. The van der Waals surface area contributed by atoms with E-state index in [-0.39, 0.29) is 0 Å². The molecule has 0 atom stereocenters. The van der Waals surface area contributed by atoms with E-state index < -0.39 is 0 Å². The van der Waals surface area contributed by atoms with Gasteiger partial charge in [0.15, 0.2) is 0 Å². The van der Waals surface area contributed by atoms with Crippen LogP contribution in [0.15, 0.2) is 43.1 Å². The van der Waals surface area contributed by atoms with Crippen LogP contribution in [0.25, 0.3) is 16.8 Å². The Kier molecular flexibility index (Phi) is 4.93. The molecule has 0 amide bonds. The van der Waals surface area contributed by atoms with Crippen LogP contribution in [0.3, 0.4) is 0 Å². The third-order valence-corrected chi connectivity index (χ3v) is 5.53. The van der Waals surface area contributed by atoms with Crippen LogP contribution in [-0.4, -0.2) is 83.7 Å². The molecule has 30 heavy (non-hydrogen) atoms. The highest BCUT2D eigenvalue weighted by molar-refractivity contribution is 5.65. The number of aryl methyl sites for hydroxylation is 1. The smallest absolute Gasteiger partial charge is 0.245 e. The Morgan fingerprint density at radius 2 is 1.80 bits per heavy atom. The summed E-state index contributed by atoms with van der Waals surface area (Å²) in [4.78, 5) is 9.29. The number of hydrogen-bond donors (Lipinski definition) is 1. The number of aromatic nitrogens is 7. The molecule has 5 heterocycles. The maximum Gasteiger partial charge on any atom is 0.245 e. The summed E-state index contributed by atoms with van der Waals surface area (Å²) in [5, 5.41) is 16.7. The van der Waals surface area contributed by atoms with Gasteiger partial charge in [0.2, 0.25) is 5.95 Å². The summed E-state index contributed by atoms with van der Waals surface area (Å²) < 4.78 is 5.63. The summed E-state index contributed by atoms with van der Waals surface area (Å²) in [6, 6.07) is 4.03. The van der Waals surface area contributed by atoms with Crippen LogP contribution in [0.1, 0.15) is 0 Å². The van der Waals surface area contributed by atoms with Gasteiger partial charge in [-0.3, -0.25) is 14.3 Å². The van der Waals surface area contributed by atoms with Gasteiger partial charge in [0.25, 0.3) is 0 Å². The second kappa shape index (κ2) is 7.88. The number of anilines is 2. The van der Waals surface area contributed by atoms with E-state index in [1.54, 1.807) is 4.68 Å². The highest BCUT2D eigenvalue weighted by Gasteiger charge is 2.14. The van der Waals surface area contributed by atoms with Crippen molar-refractivity contribution >= 4 is 17.2 Å². The Morgan fingerprint density at radius 1 is 0.933 bits per heavy atom. The molecule has 1 N–H and O–H groups in total. The van der Waals surface area contributed by atoms with Crippen LogP contribution in [0.5, 0.6) is 0 Å². The summed E-state index contributed by atoms with van der Waals surface area (Å²) in [6.45, 7) is 6.38. The molecule has 4 aromatic heterocycles. The topological polar surface area (TPSA) is 84.3 Å². The van der Waals surface area contributed by atoms with Crippen molar-refractivity contribution in [2.24, 2.45) is 7.05 Å². The van der Waals surface area contributed by atoms with Crippen LogP contribution < -0.4 is 5.32 Å². The predicted octanol–water partition coefficient (Wildman–Crippen LogP) is 1.32. The molecule has 1 fully saturated rings. The Balaban J connectivity index is 1.27. The minimum atomic E-state index is 0.530. The molecule has 0 unspecified atom stereocenters. The normalized spacial score (nSPS) is 15.8. The maximum absolute atomic E-state index is 4.66. The first kappa shape index (κ1) is 18.8. The van der Waals surface area contributed by atoms with E-state index in [1.165, 1.54) is 0 Å². The van der Waals surface area contributed by atoms with Crippen LogP contribution in [0.2, 0.25) is 0 Å². The van der Waals surface area contributed by atoms with Gasteiger partial charge in [-0.15, -0.1) is 5.10 Å². The number of nitrogens with one attached hydrogen (secondary N) is 1. The van der Waals surface area contributed by atoms with Crippen LogP contribution in [0.4, 0.5) is 11.6 Å². The average molecular weight is 406 g/mol. The van der Waals surface area contributed by atoms with Gasteiger partial charge >= 0.3 is 0 Å². The van der Waals surface area contributed by atoms with Gasteiger partial charge in [0.1, 0.15) is 0 Å². The van der Waals surface area contributed by atoms with E-state index in [4.69, 9.17) is 0 Å². The van der Waals surface area contributed by atoms with E-state index in [1.807, 2.05) is 59.4 Å². The minimum Gasteiger partial charge on any atom is -0.320 e. The molecule has 0 spiro atoms. The van der Waals surface area contributed by atoms with E-state index in [9.17, 15) is 0 Å². The van der Waals surface area contributed by atoms with Crippen LogP contribution in [0, 0.1) is 0 Å². The fourth-order valence-corrected chi connectivity index (χ4v) is 3.73. The van der Waals surface area contributed by atoms with Gasteiger partial charge in [-0.2, -0.15) is 10.2 Å². The van der Waals surface area contributed by atoms with Crippen molar-refractivity contribution in [3.05, 3.63) is 43.1 Å². The molecule has 5 rings (SSSR count). The highest BCUT2D eigenvalue weighted by Crippen LogP contribution is 2.22. The lowest BCUT2D eigenvalue weighted by molar-refractivity contribution is 0.149. The Bertz CT molecular complexity index is 1130. The Morgan fingerprint density at radius 3 is 2.60 bits per heavy atom. The van der Waals surface area contributed by atoms with Crippen molar-refractivity contribution in [3.8, 4) is 11.3 Å². The molecule has 1 aliphatic rings. The highest BCUT2D eigenvalue weighted by atomic mass is 15.3. The van der Waals surface area contributed by atoms with Crippen molar-refractivity contribution in [2.75, 3.05) is 45.1 Å². The second-order valence-corrected chi connectivity index (χ2v) is 7.80. The van der Waals surface area contributed by atoms with E-state index in [0.29, 0.717) is 5.95 Å². The van der Waals surface area contributed by atoms with Gasteiger partial charge in [0.05, 0.1) is 42.0 Å². The van der Waals surface area contributed by atoms with Crippen molar-refractivity contribution in [3.63, 3.8) is 0 Å². The fourth-order valence-electron chi connectivity index (χ4n) is 3.73. The molecule has 10 heteroatoms. The largest absolute Gasteiger partial charge is 0.320 e. The molecule has 0 saturated carbocycles. The zero-order chi connectivity index (χ0) is 20.5. The van der Waals surface area contributed by atoms with E-state index in [2.05, 4.69) is 42.4 Å². The first-order chi connectivity index (χ1) is 14.6. The first-order valence-corrected chi connectivity index (χ1v) is 10.2. The monoisotopic (exact) mass is 406 g/mol. The van der Waals surface area contributed by atoms with Crippen molar-refractivity contribution in [1.82, 2.24) is 44.0 Å². The number of fused-ring (bicyclic) bond motifs is 1. The van der Waals surface area contributed by atoms with Gasteiger partial charge in [-0.25, -0.2) is 9.50 Å². The van der Waals surface area contributed by atoms with Crippen molar-refractivity contribution in [1.29, 1.82) is 0 Å². The van der Waals surface area contributed by atoms with Crippen LogP contribution in [-0.2, 0) is 13.6 Å². The molecule has 156 valence electrons. The Labute approximate surface area is 174 Å². The summed E-state index contributed by atoms with van der Waals surface area (Å²) in [7, 11) is 4.08. The molecule has 0 aliphatic carbocycles.